The summed E-state index contributed by atoms with van der Waals surface area (Å²) in [6, 6.07) is 6.97. The Hall–Kier alpha value is -2.15. The average molecular weight is 409 g/mol. The van der Waals surface area contributed by atoms with E-state index in [0.717, 1.165) is 12.8 Å². The van der Waals surface area contributed by atoms with Crippen molar-refractivity contribution >= 4 is 21.6 Å². The van der Waals surface area contributed by atoms with Crippen molar-refractivity contribution in [1.82, 2.24) is 9.21 Å². The third-order valence-electron chi connectivity index (χ3n) is 4.53. The van der Waals surface area contributed by atoms with Crippen LogP contribution in [0, 0.1) is 11.3 Å². The molecule has 1 saturated carbocycles. The molecule has 1 fully saturated rings. The first kappa shape index (κ1) is 22.1. The summed E-state index contributed by atoms with van der Waals surface area (Å²) in [5.74, 6) is -0.0195. The van der Waals surface area contributed by atoms with E-state index in [1.807, 2.05) is 4.90 Å². The summed E-state index contributed by atoms with van der Waals surface area (Å²) >= 11 is 0. The van der Waals surface area contributed by atoms with Gasteiger partial charge in [0.05, 0.1) is 25.8 Å². The van der Waals surface area contributed by atoms with E-state index < -0.39 is 10.0 Å². The molecule has 1 N–H and O–H groups in total. The summed E-state index contributed by atoms with van der Waals surface area (Å²) in [5, 5.41) is 11.7. The average Bonchev–Trinajstić information content (AvgIpc) is 3.48. The molecule has 0 radical (unpaired) electrons. The smallest absolute Gasteiger partial charge is 0.246 e. The molecule has 0 saturated heterocycles. The van der Waals surface area contributed by atoms with Gasteiger partial charge in [0.15, 0.2) is 0 Å². The lowest BCUT2D eigenvalue weighted by Crippen LogP contribution is -2.35. The van der Waals surface area contributed by atoms with Crippen molar-refractivity contribution in [2.75, 3.05) is 38.1 Å². The largest absolute Gasteiger partial charge is 0.492 e. The Morgan fingerprint density at radius 2 is 1.96 bits per heavy atom. The zero-order valence-corrected chi connectivity index (χ0v) is 17.5. The molecule has 0 aliphatic heterocycles. The Bertz CT molecular complexity index is 827. The van der Waals surface area contributed by atoms with Crippen LogP contribution in [-0.2, 0) is 14.8 Å². The molecule has 1 aromatic rings. The van der Waals surface area contributed by atoms with Crippen LogP contribution < -0.4 is 10.1 Å². The van der Waals surface area contributed by atoms with Gasteiger partial charge < -0.3 is 10.1 Å². The minimum atomic E-state index is -3.74. The van der Waals surface area contributed by atoms with Gasteiger partial charge in [-0.3, -0.25) is 9.69 Å². The van der Waals surface area contributed by atoms with Crippen molar-refractivity contribution in [3.63, 3.8) is 0 Å². The summed E-state index contributed by atoms with van der Waals surface area (Å²) in [5.41, 5.74) is 0.381. The molecule has 0 spiro atoms. The number of amides is 1. The first-order valence-corrected chi connectivity index (χ1v) is 11.0. The third kappa shape index (κ3) is 5.44. The molecular formula is C19H28N4O4S. The van der Waals surface area contributed by atoms with E-state index in [-0.39, 0.29) is 35.7 Å². The van der Waals surface area contributed by atoms with Gasteiger partial charge in [0.25, 0.3) is 0 Å². The Labute approximate surface area is 167 Å². The van der Waals surface area contributed by atoms with Gasteiger partial charge in [0, 0.05) is 24.8 Å². The number of nitrogens with zero attached hydrogens (tertiary/aromatic N) is 3. The number of carbonyl (C=O) groups is 1. The molecule has 1 aliphatic carbocycles. The standard InChI is InChI=1S/C19H28N4O4S/c1-4-23(5-2)28(25,26)18-13-15(7-10-17(18)27-6-3)21-19(24)14-22(12-11-20)16-8-9-16/h7,10,13,16H,4-6,8-9,12,14H2,1-3H3,(H,21,24). The van der Waals surface area contributed by atoms with E-state index in [9.17, 15) is 13.2 Å². The number of benzene rings is 1. The number of sulfonamides is 1. The van der Waals surface area contributed by atoms with Crippen LogP contribution in [0.1, 0.15) is 33.6 Å². The van der Waals surface area contributed by atoms with Crippen molar-refractivity contribution in [3.05, 3.63) is 18.2 Å². The van der Waals surface area contributed by atoms with Crippen molar-refractivity contribution in [3.8, 4) is 11.8 Å². The highest BCUT2D eigenvalue weighted by Gasteiger charge is 2.30. The van der Waals surface area contributed by atoms with Gasteiger partial charge in [-0.05, 0) is 38.0 Å². The second-order valence-electron chi connectivity index (χ2n) is 6.53. The van der Waals surface area contributed by atoms with Gasteiger partial charge in [-0.2, -0.15) is 9.57 Å². The monoisotopic (exact) mass is 408 g/mol. The summed E-state index contributed by atoms with van der Waals surface area (Å²) in [7, 11) is -3.74. The first-order chi connectivity index (χ1) is 13.4. The van der Waals surface area contributed by atoms with Crippen LogP contribution in [0.15, 0.2) is 23.1 Å². The van der Waals surface area contributed by atoms with Crippen LogP contribution in [0.25, 0.3) is 0 Å². The fourth-order valence-electron chi connectivity index (χ4n) is 2.99. The Morgan fingerprint density at radius 3 is 2.50 bits per heavy atom. The number of hydrogen-bond acceptors (Lipinski definition) is 6. The van der Waals surface area contributed by atoms with Crippen LogP contribution in [-0.4, -0.2) is 62.4 Å². The Kier molecular flexibility index (Phi) is 7.80. The first-order valence-electron chi connectivity index (χ1n) is 9.55. The maximum absolute atomic E-state index is 13.0. The number of nitriles is 1. The molecule has 1 aromatic carbocycles. The van der Waals surface area contributed by atoms with Crippen molar-refractivity contribution in [1.29, 1.82) is 5.26 Å². The van der Waals surface area contributed by atoms with Crippen LogP contribution in [0.4, 0.5) is 5.69 Å². The van der Waals surface area contributed by atoms with Gasteiger partial charge in [-0.1, -0.05) is 13.8 Å². The highest BCUT2D eigenvalue weighted by atomic mass is 32.2. The van der Waals surface area contributed by atoms with E-state index in [1.165, 1.54) is 10.4 Å². The van der Waals surface area contributed by atoms with Crippen LogP contribution in [0.2, 0.25) is 0 Å². The molecule has 9 heteroatoms. The quantitative estimate of drug-likeness (QED) is 0.562. The van der Waals surface area contributed by atoms with Crippen LogP contribution in [0.3, 0.4) is 0 Å². The molecule has 0 heterocycles. The third-order valence-corrected chi connectivity index (χ3v) is 6.61. The minimum Gasteiger partial charge on any atom is -0.492 e. The number of anilines is 1. The maximum Gasteiger partial charge on any atom is 0.246 e. The predicted molar refractivity (Wildman–Crippen MR) is 107 cm³/mol. The van der Waals surface area contributed by atoms with Crippen molar-refractivity contribution < 1.29 is 17.9 Å². The summed E-state index contributed by atoms with van der Waals surface area (Å²) in [4.78, 5) is 14.3. The van der Waals surface area contributed by atoms with Crippen LogP contribution in [0.5, 0.6) is 5.75 Å². The lowest BCUT2D eigenvalue weighted by molar-refractivity contribution is -0.117. The summed E-state index contributed by atoms with van der Waals surface area (Å²) in [6.45, 7) is 6.63. The molecule has 28 heavy (non-hydrogen) atoms. The molecule has 0 atom stereocenters. The second kappa shape index (κ2) is 9.87. The van der Waals surface area contributed by atoms with Crippen molar-refractivity contribution in [2.45, 2.75) is 44.6 Å². The highest BCUT2D eigenvalue weighted by Crippen LogP contribution is 2.30. The molecule has 1 amide bonds. The topological polar surface area (TPSA) is 103 Å². The zero-order valence-electron chi connectivity index (χ0n) is 16.6. The van der Waals surface area contributed by atoms with E-state index >= 15 is 0 Å². The zero-order chi connectivity index (χ0) is 20.7. The number of nitrogens with one attached hydrogen (secondary N) is 1. The lowest BCUT2D eigenvalue weighted by Gasteiger charge is -2.21. The van der Waals surface area contributed by atoms with Gasteiger partial charge in [0.1, 0.15) is 10.6 Å². The Balaban J connectivity index is 2.24. The molecular weight excluding hydrogens is 380 g/mol. The molecule has 154 valence electrons. The van der Waals surface area contributed by atoms with Crippen LogP contribution >= 0.6 is 0 Å². The van der Waals surface area contributed by atoms with Gasteiger partial charge >= 0.3 is 0 Å². The van der Waals surface area contributed by atoms with Gasteiger partial charge in [-0.15, -0.1) is 0 Å². The highest BCUT2D eigenvalue weighted by molar-refractivity contribution is 7.89. The maximum atomic E-state index is 13.0. The van der Waals surface area contributed by atoms with Crippen molar-refractivity contribution in [2.24, 2.45) is 0 Å². The molecule has 2 rings (SSSR count). The normalized spacial score (nSPS) is 14.1. The second-order valence-corrected chi connectivity index (χ2v) is 8.43. The molecule has 1 aliphatic rings. The molecule has 0 aromatic heterocycles. The minimum absolute atomic E-state index is 0.0342. The van der Waals surface area contributed by atoms with E-state index in [2.05, 4.69) is 11.4 Å². The number of rotatable bonds is 11. The summed E-state index contributed by atoms with van der Waals surface area (Å²) in [6.07, 6.45) is 1.98. The molecule has 0 unspecified atom stereocenters. The fourth-order valence-corrected chi connectivity index (χ4v) is 4.61. The fraction of sp³-hybridized carbons (Fsp3) is 0.579. The number of carbonyl (C=O) groups excluding carboxylic acids is 1. The van der Waals surface area contributed by atoms with Gasteiger partial charge in [-0.25, -0.2) is 8.42 Å². The van der Waals surface area contributed by atoms with E-state index in [4.69, 9.17) is 10.00 Å². The predicted octanol–water partition coefficient (Wildman–Crippen LogP) is 2.04. The van der Waals surface area contributed by atoms with E-state index in [1.54, 1.807) is 32.9 Å². The van der Waals surface area contributed by atoms with Gasteiger partial charge in [0.2, 0.25) is 15.9 Å². The Morgan fingerprint density at radius 1 is 1.29 bits per heavy atom. The number of ether oxygens (including phenoxy) is 1. The lowest BCUT2D eigenvalue weighted by atomic mass is 10.3. The van der Waals surface area contributed by atoms with E-state index in [0.29, 0.717) is 25.4 Å². The molecule has 8 nitrogen and oxygen atoms in total. The SMILES string of the molecule is CCOc1ccc(NC(=O)CN(CC#N)C2CC2)cc1S(=O)(=O)N(CC)CC. The summed E-state index contributed by atoms with van der Waals surface area (Å²) < 4.78 is 32.8. The number of hydrogen-bond donors (Lipinski definition) is 1. The molecule has 0 bridgehead atoms.